The summed E-state index contributed by atoms with van der Waals surface area (Å²) in [7, 11) is 0. The van der Waals surface area contributed by atoms with E-state index in [0.29, 0.717) is 24.4 Å². The Bertz CT molecular complexity index is 1420. The molecule has 2 amide bonds. The summed E-state index contributed by atoms with van der Waals surface area (Å²) in [5.41, 5.74) is 4.87. The largest absolute Gasteiger partial charge is 0.490 e. The zero-order chi connectivity index (χ0) is 29.5. The maximum Gasteiger partial charge on any atom is 0.317 e. The number of urea groups is 1. The fraction of sp³-hybridized carbons (Fsp3) is 0.438. The molecule has 1 atom stereocenters. The molecule has 2 heterocycles. The number of piperidine rings is 1. The number of hydrogen-bond donors (Lipinski definition) is 2. The smallest absolute Gasteiger partial charge is 0.317 e. The highest BCUT2D eigenvalue weighted by Gasteiger charge is 2.30. The number of aromatic nitrogens is 1. The maximum atomic E-state index is 13.0. The van der Waals surface area contributed by atoms with Crippen LogP contribution in [0.5, 0.6) is 5.75 Å². The van der Waals surface area contributed by atoms with Crippen LogP contribution < -0.4 is 10.1 Å². The highest BCUT2D eigenvalue weighted by molar-refractivity contribution is 7.18. The first-order valence-corrected chi connectivity index (χ1v) is 15.2. The number of hydrogen-bond acceptors (Lipinski definition) is 6. The second kappa shape index (κ2) is 13.6. The van der Waals surface area contributed by atoms with Crippen molar-refractivity contribution >= 4 is 23.3 Å². The van der Waals surface area contributed by atoms with Crippen LogP contribution in [0.1, 0.15) is 76.1 Å². The number of nitriles is 1. The van der Waals surface area contributed by atoms with Gasteiger partial charge in [-0.2, -0.15) is 5.26 Å². The number of rotatable bonds is 7. The predicted octanol–water partition coefficient (Wildman–Crippen LogP) is 7.05. The summed E-state index contributed by atoms with van der Waals surface area (Å²) in [6, 6.07) is 13.9. The van der Waals surface area contributed by atoms with Gasteiger partial charge in [0.1, 0.15) is 16.8 Å². The van der Waals surface area contributed by atoms with Crippen molar-refractivity contribution in [3.63, 3.8) is 0 Å². The van der Waals surface area contributed by atoms with E-state index in [4.69, 9.17) is 9.84 Å². The van der Waals surface area contributed by atoms with Gasteiger partial charge in [-0.3, -0.25) is 4.79 Å². The van der Waals surface area contributed by atoms with Crippen molar-refractivity contribution < 1.29 is 19.4 Å². The summed E-state index contributed by atoms with van der Waals surface area (Å²) in [4.78, 5) is 31.5. The van der Waals surface area contributed by atoms with Crippen LogP contribution in [0.4, 0.5) is 4.79 Å². The maximum absolute atomic E-state index is 13.0. The van der Waals surface area contributed by atoms with Crippen molar-refractivity contribution in [2.45, 2.75) is 71.9 Å². The third-order valence-electron chi connectivity index (χ3n) is 7.41. The lowest BCUT2D eigenvalue weighted by Crippen LogP contribution is -2.45. The molecular weight excluding hydrogens is 536 g/mol. The molecule has 2 aliphatic rings. The van der Waals surface area contributed by atoms with Crippen molar-refractivity contribution in [2.75, 3.05) is 13.1 Å². The first-order chi connectivity index (χ1) is 19.8. The molecule has 5 rings (SSSR count). The Kier molecular flexibility index (Phi) is 10.0. The minimum absolute atomic E-state index is 0.0146. The third kappa shape index (κ3) is 7.06. The first kappa shape index (κ1) is 30.1. The number of nitrogens with zero attached hydrogens (tertiary/aromatic N) is 3. The van der Waals surface area contributed by atoms with E-state index in [9.17, 15) is 14.9 Å². The molecule has 0 radical (unpaired) electrons. The first-order valence-electron chi connectivity index (χ1n) is 14.4. The number of fused-ring (bicyclic) bond motifs is 1. The Balaban J connectivity index is 0.00000189. The number of thiazole rings is 1. The number of carboxylic acids is 1. The van der Waals surface area contributed by atoms with Gasteiger partial charge in [-0.1, -0.05) is 32.0 Å². The molecule has 8 nitrogen and oxygen atoms in total. The van der Waals surface area contributed by atoms with Crippen molar-refractivity contribution in [1.82, 2.24) is 15.2 Å². The van der Waals surface area contributed by atoms with E-state index >= 15 is 0 Å². The van der Waals surface area contributed by atoms with Crippen LogP contribution in [0, 0.1) is 17.2 Å². The fourth-order valence-electron chi connectivity index (χ4n) is 5.50. The van der Waals surface area contributed by atoms with E-state index in [0.717, 1.165) is 52.3 Å². The average Bonchev–Trinajstić information content (AvgIpc) is 3.62. The standard InChI is InChI=1S/C30H32N4O4S.C2H6/c1-18(2)38-26-9-6-20(15-21(26)16-31)29-32-17-27(39-29)24-5-3-4-23-22(24)7-8-25(23)33-30(37)34-12-10-19(11-13-34)14-28(35)36;1-2/h3-6,9,15,17-19,25H,7-8,10-14H2,1-2H3,(H,33,37)(H,35,36);1-2H3. The molecule has 9 heteroatoms. The third-order valence-corrected chi connectivity index (χ3v) is 8.49. The molecule has 1 fully saturated rings. The van der Waals surface area contributed by atoms with Crippen molar-refractivity contribution in [2.24, 2.45) is 5.92 Å². The predicted molar refractivity (Wildman–Crippen MR) is 161 cm³/mol. The Morgan fingerprint density at radius 3 is 2.63 bits per heavy atom. The lowest BCUT2D eigenvalue weighted by molar-refractivity contribution is -0.138. The molecule has 1 aliphatic heterocycles. The molecule has 2 N–H and O–H groups in total. The van der Waals surface area contributed by atoms with Crippen LogP contribution in [-0.4, -0.2) is 46.2 Å². The summed E-state index contributed by atoms with van der Waals surface area (Å²) < 4.78 is 5.75. The summed E-state index contributed by atoms with van der Waals surface area (Å²) in [5.74, 6) is -0.0552. The molecular formula is C32H38N4O4S. The molecule has 41 heavy (non-hydrogen) atoms. The lowest BCUT2D eigenvalue weighted by atomic mass is 9.94. The minimum atomic E-state index is -0.773. The van der Waals surface area contributed by atoms with E-state index in [1.165, 1.54) is 5.56 Å². The second-order valence-electron chi connectivity index (χ2n) is 10.5. The summed E-state index contributed by atoms with van der Waals surface area (Å²) in [6.45, 7) is 9.04. The van der Waals surface area contributed by atoms with Gasteiger partial charge in [-0.25, -0.2) is 9.78 Å². The van der Waals surface area contributed by atoms with Crippen molar-refractivity contribution in [1.29, 1.82) is 5.26 Å². The van der Waals surface area contributed by atoms with Crippen LogP contribution in [0.15, 0.2) is 42.6 Å². The second-order valence-corrected chi connectivity index (χ2v) is 11.5. The highest BCUT2D eigenvalue weighted by Crippen LogP contribution is 2.41. The lowest BCUT2D eigenvalue weighted by Gasteiger charge is -2.32. The molecule has 1 aliphatic carbocycles. The minimum Gasteiger partial charge on any atom is -0.490 e. The number of benzene rings is 2. The van der Waals surface area contributed by atoms with E-state index in [2.05, 4.69) is 28.5 Å². The summed E-state index contributed by atoms with van der Waals surface area (Å²) in [5, 5.41) is 22.7. The summed E-state index contributed by atoms with van der Waals surface area (Å²) >= 11 is 1.59. The topological polar surface area (TPSA) is 116 Å². The van der Waals surface area contributed by atoms with Crippen LogP contribution in [0.25, 0.3) is 21.0 Å². The van der Waals surface area contributed by atoms with Gasteiger partial charge in [0.25, 0.3) is 0 Å². The van der Waals surface area contributed by atoms with E-state index in [1.807, 2.05) is 63.1 Å². The molecule has 2 aromatic carbocycles. The Hall–Kier alpha value is -3.90. The molecule has 0 spiro atoms. The number of nitrogens with one attached hydrogen (secondary N) is 1. The quantitative estimate of drug-likeness (QED) is 0.313. The van der Waals surface area contributed by atoms with Crippen LogP contribution in [-0.2, 0) is 11.2 Å². The van der Waals surface area contributed by atoms with Gasteiger partial charge in [-0.05, 0) is 80.3 Å². The van der Waals surface area contributed by atoms with Crippen LogP contribution in [0.3, 0.4) is 0 Å². The van der Waals surface area contributed by atoms with E-state index in [-0.39, 0.29) is 30.5 Å². The zero-order valence-corrected chi connectivity index (χ0v) is 25.0. The van der Waals surface area contributed by atoms with Gasteiger partial charge in [0.15, 0.2) is 0 Å². The molecule has 3 aromatic rings. The van der Waals surface area contributed by atoms with Crippen LogP contribution in [0.2, 0.25) is 0 Å². The summed E-state index contributed by atoms with van der Waals surface area (Å²) in [6.07, 6.45) is 5.19. The Morgan fingerprint density at radius 1 is 1.20 bits per heavy atom. The Labute approximate surface area is 246 Å². The van der Waals surface area contributed by atoms with Crippen molar-refractivity contribution in [3.05, 3.63) is 59.3 Å². The number of ether oxygens (including phenoxy) is 1. The monoisotopic (exact) mass is 574 g/mol. The molecule has 1 saturated heterocycles. The average molecular weight is 575 g/mol. The molecule has 1 unspecified atom stereocenters. The molecule has 0 bridgehead atoms. The van der Waals surface area contributed by atoms with Gasteiger partial charge >= 0.3 is 12.0 Å². The Morgan fingerprint density at radius 2 is 1.95 bits per heavy atom. The zero-order valence-electron chi connectivity index (χ0n) is 24.1. The molecule has 216 valence electrons. The van der Waals surface area contributed by atoms with Gasteiger partial charge < -0.3 is 20.1 Å². The van der Waals surface area contributed by atoms with Gasteiger partial charge in [0.2, 0.25) is 0 Å². The number of carbonyl (C=O) groups excluding carboxylic acids is 1. The van der Waals surface area contributed by atoms with Gasteiger partial charge in [-0.15, -0.1) is 11.3 Å². The van der Waals surface area contributed by atoms with Gasteiger partial charge in [0, 0.05) is 31.3 Å². The molecule has 1 aromatic heterocycles. The number of likely N-dealkylation sites (tertiary alicyclic amines) is 1. The number of amides is 2. The van der Waals surface area contributed by atoms with E-state index < -0.39 is 5.97 Å². The number of carbonyl (C=O) groups is 2. The normalized spacial score (nSPS) is 16.4. The van der Waals surface area contributed by atoms with E-state index in [1.54, 1.807) is 11.3 Å². The number of carboxylic acid groups (broad SMARTS) is 1. The number of aliphatic carboxylic acids is 1. The van der Waals surface area contributed by atoms with Gasteiger partial charge in [0.05, 0.1) is 22.6 Å². The fourth-order valence-corrected chi connectivity index (χ4v) is 6.47. The highest BCUT2D eigenvalue weighted by atomic mass is 32.1. The molecule has 0 saturated carbocycles. The SMILES string of the molecule is CC.CC(C)Oc1ccc(-c2ncc(-c3cccc4c3CCC4NC(=O)N3CCC(CC(=O)O)CC3)s2)cc1C#N. The van der Waals surface area contributed by atoms with Crippen molar-refractivity contribution in [3.8, 4) is 32.8 Å². The van der Waals surface area contributed by atoms with Crippen LogP contribution >= 0.6 is 11.3 Å².